The summed E-state index contributed by atoms with van der Waals surface area (Å²) in [5, 5.41) is 2.05. The molecule has 0 saturated carbocycles. The molecular formula is C15H17NO2S. The van der Waals surface area contributed by atoms with Crippen molar-refractivity contribution in [2.75, 3.05) is 6.54 Å². The van der Waals surface area contributed by atoms with Crippen molar-refractivity contribution in [1.82, 2.24) is 4.90 Å². The maximum atomic E-state index is 11.9. The minimum Gasteiger partial charge on any atom is -0.472 e. The zero-order chi connectivity index (χ0) is 13.7. The van der Waals surface area contributed by atoms with E-state index >= 15 is 0 Å². The first-order valence-corrected chi connectivity index (χ1v) is 7.04. The summed E-state index contributed by atoms with van der Waals surface area (Å²) in [6.07, 6.45) is 5.53. The molecule has 0 N–H and O–H groups in total. The summed E-state index contributed by atoms with van der Waals surface area (Å²) in [5.41, 5.74) is 2.30. The number of aryl methyl sites for hydroxylation is 1. The first kappa shape index (κ1) is 13.6. The number of carbonyl (C=O) groups excluding carboxylic acids is 1. The second-order valence-electron chi connectivity index (χ2n) is 4.35. The van der Waals surface area contributed by atoms with Gasteiger partial charge < -0.3 is 9.32 Å². The van der Waals surface area contributed by atoms with Crippen LogP contribution >= 0.6 is 11.3 Å². The van der Waals surface area contributed by atoms with Crippen LogP contribution in [0.3, 0.4) is 0 Å². The van der Waals surface area contributed by atoms with E-state index in [1.165, 1.54) is 16.5 Å². The summed E-state index contributed by atoms with van der Waals surface area (Å²) in [5.74, 6) is -0.0332. The largest absolute Gasteiger partial charge is 0.472 e. The van der Waals surface area contributed by atoms with E-state index in [2.05, 4.69) is 24.9 Å². The fourth-order valence-electron chi connectivity index (χ4n) is 1.88. The van der Waals surface area contributed by atoms with Gasteiger partial charge in [-0.15, -0.1) is 11.3 Å². The Balaban J connectivity index is 2.01. The molecule has 0 spiro atoms. The maximum Gasteiger partial charge on any atom is 0.246 e. The van der Waals surface area contributed by atoms with Gasteiger partial charge in [-0.3, -0.25) is 4.79 Å². The van der Waals surface area contributed by atoms with Crippen molar-refractivity contribution in [1.29, 1.82) is 0 Å². The molecule has 100 valence electrons. The van der Waals surface area contributed by atoms with Crippen molar-refractivity contribution < 1.29 is 9.21 Å². The zero-order valence-corrected chi connectivity index (χ0v) is 11.8. The Morgan fingerprint density at radius 2 is 2.37 bits per heavy atom. The Hall–Kier alpha value is -1.81. The van der Waals surface area contributed by atoms with Crippen LogP contribution in [0, 0.1) is 6.92 Å². The highest BCUT2D eigenvalue weighted by molar-refractivity contribution is 7.10. The standard InChI is InChI=1S/C15H17NO2S/c1-3-15(17)16(7-4-13-5-8-18-11-13)10-14-6-9-19-12(14)2/h3,5-6,8-9,11H,1,4,7,10H2,2H3. The van der Waals surface area contributed by atoms with Crippen LogP contribution in [0.15, 0.2) is 47.1 Å². The van der Waals surface area contributed by atoms with E-state index in [1.54, 1.807) is 23.9 Å². The van der Waals surface area contributed by atoms with E-state index < -0.39 is 0 Å². The number of furan rings is 1. The Labute approximate surface area is 117 Å². The summed E-state index contributed by atoms with van der Waals surface area (Å²) < 4.78 is 5.04. The second kappa shape index (κ2) is 6.38. The third-order valence-corrected chi connectivity index (χ3v) is 3.95. The third kappa shape index (κ3) is 3.58. The Morgan fingerprint density at radius 3 is 2.95 bits per heavy atom. The van der Waals surface area contributed by atoms with Crippen molar-refractivity contribution in [2.45, 2.75) is 19.9 Å². The summed E-state index contributed by atoms with van der Waals surface area (Å²) in [4.78, 5) is 15.0. The van der Waals surface area contributed by atoms with Gasteiger partial charge in [-0.25, -0.2) is 0 Å². The molecule has 2 rings (SSSR count). The number of hydrogen-bond donors (Lipinski definition) is 0. The van der Waals surface area contributed by atoms with Crippen LogP contribution in [0.4, 0.5) is 0 Å². The number of hydrogen-bond acceptors (Lipinski definition) is 3. The number of carbonyl (C=O) groups is 1. The first-order valence-electron chi connectivity index (χ1n) is 6.16. The topological polar surface area (TPSA) is 33.5 Å². The molecule has 0 unspecified atom stereocenters. The first-order chi connectivity index (χ1) is 9.20. The fourth-order valence-corrected chi connectivity index (χ4v) is 2.60. The van der Waals surface area contributed by atoms with Crippen LogP contribution in [-0.4, -0.2) is 17.4 Å². The highest BCUT2D eigenvalue weighted by atomic mass is 32.1. The zero-order valence-electron chi connectivity index (χ0n) is 11.0. The normalized spacial score (nSPS) is 10.4. The molecule has 0 aliphatic heterocycles. The van der Waals surface area contributed by atoms with Gasteiger partial charge in [0.15, 0.2) is 0 Å². The van der Waals surface area contributed by atoms with Gasteiger partial charge >= 0.3 is 0 Å². The number of thiophene rings is 1. The van der Waals surface area contributed by atoms with Crippen molar-refractivity contribution in [3.8, 4) is 0 Å². The van der Waals surface area contributed by atoms with Crippen LogP contribution < -0.4 is 0 Å². The molecule has 2 aromatic heterocycles. The fraction of sp³-hybridized carbons (Fsp3) is 0.267. The Kier molecular flexibility index (Phi) is 4.58. The Bertz CT molecular complexity index is 542. The second-order valence-corrected chi connectivity index (χ2v) is 5.47. The minimum absolute atomic E-state index is 0.0332. The summed E-state index contributed by atoms with van der Waals surface area (Å²) in [6.45, 7) is 6.95. The third-order valence-electron chi connectivity index (χ3n) is 3.06. The smallest absolute Gasteiger partial charge is 0.246 e. The van der Waals surface area contributed by atoms with Gasteiger partial charge in [-0.05, 0) is 48.1 Å². The van der Waals surface area contributed by atoms with Crippen LogP contribution in [0.25, 0.3) is 0 Å². The predicted molar refractivity (Wildman–Crippen MR) is 77.1 cm³/mol. The Morgan fingerprint density at radius 1 is 1.53 bits per heavy atom. The van der Waals surface area contributed by atoms with Crippen LogP contribution in [0.1, 0.15) is 16.0 Å². The van der Waals surface area contributed by atoms with Crippen molar-refractivity contribution in [2.24, 2.45) is 0 Å². The molecule has 19 heavy (non-hydrogen) atoms. The molecule has 2 heterocycles. The monoisotopic (exact) mass is 275 g/mol. The van der Waals surface area contributed by atoms with Crippen molar-refractivity contribution >= 4 is 17.2 Å². The molecule has 0 radical (unpaired) electrons. The average Bonchev–Trinajstić information content (AvgIpc) is 3.05. The lowest BCUT2D eigenvalue weighted by Gasteiger charge is -2.21. The van der Waals surface area contributed by atoms with Gasteiger partial charge in [-0.2, -0.15) is 0 Å². The molecule has 2 aromatic rings. The lowest BCUT2D eigenvalue weighted by Crippen LogP contribution is -2.30. The lowest BCUT2D eigenvalue weighted by atomic mass is 10.2. The predicted octanol–water partition coefficient (Wildman–Crippen LogP) is 3.41. The molecule has 0 saturated heterocycles. The maximum absolute atomic E-state index is 11.9. The van der Waals surface area contributed by atoms with E-state index in [-0.39, 0.29) is 5.91 Å². The van der Waals surface area contributed by atoms with Gasteiger partial charge in [0, 0.05) is 18.0 Å². The van der Waals surface area contributed by atoms with Gasteiger partial charge in [0.1, 0.15) is 0 Å². The molecular weight excluding hydrogens is 258 g/mol. The number of nitrogens with zero attached hydrogens (tertiary/aromatic N) is 1. The number of amides is 1. The molecule has 0 aliphatic rings. The molecule has 0 aliphatic carbocycles. The highest BCUT2D eigenvalue weighted by Gasteiger charge is 2.13. The van der Waals surface area contributed by atoms with Gasteiger partial charge in [0.05, 0.1) is 12.5 Å². The molecule has 1 amide bonds. The van der Waals surface area contributed by atoms with E-state index in [0.717, 1.165) is 12.0 Å². The van der Waals surface area contributed by atoms with Crippen molar-refractivity contribution in [3.63, 3.8) is 0 Å². The van der Waals surface area contributed by atoms with E-state index in [4.69, 9.17) is 4.42 Å². The highest BCUT2D eigenvalue weighted by Crippen LogP contribution is 2.17. The molecule has 4 heteroatoms. The van der Waals surface area contributed by atoms with Crippen LogP contribution in [0.2, 0.25) is 0 Å². The molecule has 3 nitrogen and oxygen atoms in total. The SMILES string of the molecule is C=CC(=O)N(CCc1ccoc1)Cc1ccsc1C. The average molecular weight is 275 g/mol. The summed E-state index contributed by atoms with van der Waals surface area (Å²) >= 11 is 1.70. The van der Waals surface area contributed by atoms with E-state index in [9.17, 15) is 4.79 Å². The lowest BCUT2D eigenvalue weighted by molar-refractivity contribution is -0.126. The van der Waals surface area contributed by atoms with Crippen LogP contribution in [0.5, 0.6) is 0 Å². The van der Waals surface area contributed by atoms with Crippen LogP contribution in [-0.2, 0) is 17.8 Å². The minimum atomic E-state index is -0.0332. The molecule has 0 bridgehead atoms. The molecule has 0 fully saturated rings. The quantitative estimate of drug-likeness (QED) is 0.757. The van der Waals surface area contributed by atoms with E-state index in [1.807, 2.05) is 11.0 Å². The van der Waals surface area contributed by atoms with Crippen molar-refractivity contribution in [3.05, 3.63) is 58.7 Å². The molecule has 0 atom stereocenters. The summed E-state index contributed by atoms with van der Waals surface area (Å²) in [6, 6.07) is 3.99. The number of rotatable bonds is 6. The van der Waals surface area contributed by atoms with Gasteiger partial charge in [-0.1, -0.05) is 6.58 Å². The van der Waals surface area contributed by atoms with Gasteiger partial charge in [0.2, 0.25) is 5.91 Å². The van der Waals surface area contributed by atoms with Gasteiger partial charge in [0.25, 0.3) is 0 Å². The van der Waals surface area contributed by atoms with E-state index in [0.29, 0.717) is 13.1 Å². The summed E-state index contributed by atoms with van der Waals surface area (Å²) in [7, 11) is 0. The molecule has 0 aromatic carbocycles.